The van der Waals surface area contributed by atoms with E-state index in [4.69, 9.17) is 11.6 Å². The number of hydrogen-bond donors (Lipinski definition) is 1. The molecule has 0 atom stereocenters. The molecule has 0 aliphatic rings. The second kappa shape index (κ2) is 4.52. The van der Waals surface area contributed by atoms with Crippen LogP contribution in [0.3, 0.4) is 0 Å². The van der Waals surface area contributed by atoms with Gasteiger partial charge in [-0.2, -0.15) is 0 Å². The van der Waals surface area contributed by atoms with Gasteiger partial charge >= 0.3 is 0 Å². The Morgan fingerprint density at radius 3 is 2.62 bits per heavy atom. The zero-order valence-electron chi connectivity index (χ0n) is 8.39. The molecule has 0 aliphatic carbocycles. The van der Waals surface area contributed by atoms with Crippen LogP contribution in [0.15, 0.2) is 18.2 Å². The van der Waals surface area contributed by atoms with Crippen LogP contribution in [0.1, 0.15) is 19.4 Å². The van der Waals surface area contributed by atoms with E-state index < -0.39 is 0 Å². The van der Waals surface area contributed by atoms with Crippen molar-refractivity contribution >= 4 is 17.3 Å². The molecule has 2 heteroatoms. The molecule has 0 aliphatic heterocycles. The predicted octanol–water partition coefficient (Wildman–Crippen LogP) is 3.72. The van der Waals surface area contributed by atoms with Gasteiger partial charge in [-0.05, 0) is 36.6 Å². The normalized spacial score (nSPS) is 10.5. The van der Waals surface area contributed by atoms with Crippen LogP contribution in [-0.2, 0) is 0 Å². The molecular weight excluding hydrogens is 182 g/mol. The average molecular weight is 198 g/mol. The number of halogens is 1. The minimum absolute atomic E-state index is 0.662. The van der Waals surface area contributed by atoms with Crippen molar-refractivity contribution in [3.8, 4) is 0 Å². The van der Waals surface area contributed by atoms with E-state index in [1.807, 2.05) is 18.2 Å². The lowest BCUT2D eigenvalue weighted by Gasteiger charge is -2.11. The van der Waals surface area contributed by atoms with Gasteiger partial charge in [0.15, 0.2) is 0 Å². The maximum atomic E-state index is 5.85. The highest BCUT2D eigenvalue weighted by atomic mass is 35.5. The lowest BCUT2D eigenvalue weighted by molar-refractivity contribution is 0.688. The minimum Gasteiger partial charge on any atom is -0.385 e. The third-order valence-electron chi connectivity index (χ3n) is 1.89. The first-order valence-electron chi connectivity index (χ1n) is 4.59. The summed E-state index contributed by atoms with van der Waals surface area (Å²) in [6.45, 7) is 7.45. The molecule has 0 saturated carbocycles. The van der Waals surface area contributed by atoms with E-state index in [1.54, 1.807) is 0 Å². The summed E-state index contributed by atoms with van der Waals surface area (Å²) in [6, 6.07) is 5.92. The SMILES string of the molecule is Cc1cc(Cl)ccc1NCC(C)C. The quantitative estimate of drug-likeness (QED) is 0.779. The summed E-state index contributed by atoms with van der Waals surface area (Å²) in [4.78, 5) is 0. The number of anilines is 1. The minimum atomic E-state index is 0.662. The van der Waals surface area contributed by atoms with Crippen LogP contribution >= 0.6 is 11.6 Å². The van der Waals surface area contributed by atoms with Gasteiger partial charge in [0.2, 0.25) is 0 Å². The van der Waals surface area contributed by atoms with Crippen molar-refractivity contribution in [2.75, 3.05) is 11.9 Å². The van der Waals surface area contributed by atoms with Crippen molar-refractivity contribution in [1.29, 1.82) is 0 Å². The molecule has 0 heterocycles. The first-order chi connectivity index (χ1) is 6.09. The van der Waals surface area contributed by atoms with Gasteiger partial charge in [0, 0.05) is 17.3 Å². The first-order valence-corrected chi connectivity index (χ1v) is 4.97. The van der Waals surface area contributed by atoms with E-state index >= 15 is 0 Å². The number of benzene rings is 1. The Balaban J connectivity index is 2.67. The summed E-state index contributed by atoms with van der Waals surface area (Å²) in [5.74, 6) is 0.662. The standard InChI is InChI=1S/C11H16ClN/c1-8(2)7-13-11-5-4-10(12)6-9(11)3/h4-6,8,13H,7H2,1-3H3. The zero-order valence-corrected chi connectivity index (χ0v) is 9.15. The van der Waals surface area contributed by atoms with Gasteiger partial charge in [-0.3, -0.25) is 0 Å². The van der Waals surface area contributed by atoms with Crippen LogP contribution in [0.5, 0.6) is 0 Å². The smallest absolute Gasteiger partial charge is 0.0410 e. The fourth-order valence-corrected chi connectivity index (χ4v) is 1.37. The maximum absolute atomic E-state index is 5.85. The fourth-order valence-electron chi connectivity index (χ4n) is 1.14. The highest BCUT2D eigenvalue weighted by Crippen LogP contribution is 2.19. The van der Waals surface area contributed by atoms with Crippen LogP contribution < -0.4 is 5.32 Å². The molecule has 0 bridgehead atoms. The summed E-state index contributed by atoms with van der Waals surface area (Å²) in [6.07, 6.45) is 0. The van der Waals surface area contributed by atoms with Crippen molar-refractivity contribution in [1.82, 2.24) is 0 Å². The van der Waals surface area contributed by atoms with E-state index in [0.717, 1.165) is 11.6 Å². The Hall–Kier alpha value is -0.690. The van der Waals surface area contributed by atoms with Gasteiger partial charge in [0.05, 0.1) is 0 Å². The molecule has 0 amide bonds. The summed E-state index contributed by atoms with van der Waals surface area (Å²) in [7, 11) is 0. The molecule has 0 unspecified atom stereocenters. The first kappa shape index (κ1) is 10.4. The number of rotatable bonds is 3. The highest BCUT2D eigenvalue weighted by Gasteiger charge is 1.99. The van der Waals surface area contributed by atoms with Crippen LogP contribution in [-0.4, -0.2) is 6.54 Å². The summed E-state index contributed by atoms with van der Waals surface area (Å²) in [5.41, 5.74) is 2.38. The summed E-state index contributed by atoms with van der Waals surface area (Å²) >= 11 is 5.85. The van der Waals surface area contributed by atoms with Gasteiger partial charge in [0.1, 0.15) is 0 Å². The van der Waals surface area contributed by atoms with Gasteiger partial charge in [-0.25, -0.2) is 0 Å². The maximum Gasteiger partial charge on any atom is 0.0410 e. The molecule has 1 N–H and O–H groups in total. The summed E-state index contributed by atoms with van der Waals surface area (Å²) < 4.78 is 0. The molecule has 0 radical (unpaired) electrons. The molecule has 0 spiro atoms. The van der Waals surface area contributed by atoms with Crippen LogP contribution in [0.4, 0.5) is 5.69 Å². The Labute approximate surface area is 85.1 Å². The molecule has 0 saturated heterocycles. The molecule has 72 valence electrons. The van der Waals surface area contributed by atoms with Crippen molar-refractivity contribution in [3.05, 3.63) is 28.8 Å². The molecule has 0 aromatic heterocycles. The third-order valence-corrected chi connectivity index (χ3v) is 2.12. The second-order valence-electron chi connectivity index (χ2n) is 3.73. The van der Waals surface area contributed by atoms with Gasteiger partial charge in [-0.1, -0.05) is 25.4 Å². The van der Waals surface area contributed by atoms with Gasteiger partial charge in [-0.15, -0.1) is 0 Å². The topological polar surface area (TPSA) is 12.0 Å². The van der Waals surface area contributed by atoms with Crippen LogP contribution in [0.25, 0.3) is 0 Å². The highest BCUT2D eigenvalue weighted by molar-refractivity contribution is 6.30. The van der Waals surface area contributed by atoms with Gasteiger partial charge in [0.25, 0.3) is 0 Å². The Morgan fingerprint density at radius 1 is 1.38 bits per heavy atom. The molecule has 1 aromatic rings. The monoisotopic (exact) mass is 197 g/mol. The van der Waals surface area contributed by atoms with E-state index in [1.165, 1.54) is 11.3 Å². The third kappa shape index (κ3) is 3.27. The van der Waals surface area contributed by atoms with Gasteiger partial charge < -0.3 is 5.32 Å². The second-order valence-corrected chi connectivity index (χ2v) is 4.17. The van der Waals surface area contributed by atoms with E-state index in [-0.39, 0.29) is 0 Å². The van der Waals surface area contributed by atoms with Crippen LogP contribution in [0.2, 0.25) is 5.02 Å². The average Bonchev–Trinajstić information content (AvgIpc) is 2.02. The van der Waals surface area contributed by atoms with E-state index in [2.05, 4.69) is 26.1 Å². The Kier molecular flexibility index (Phi) is 3.61. The predicted molar refractivity (Wildman–Crippen MR) is 59.5 cm³/mol. The fraction of sp³-hybridized carbons (Fsp3) is 0.455. The Morgan fingerprint density at radius 2 is 2.08 bits per heavy atom. The van der Waals surface area contributed by atoms with Crippen molar-refractivity contribution in [3.63, 3.8) is 0 Å². The number of hydrogen-bond acceptors (Lipinski definition) is 1. The summed E-state index contributed by atoms with van der Waals surface area (Å²) in [5, 5.41) is 4.18. The largest absolute Gasteiger partial charge is 0.385 e. The van der Waals surface area contributed by atoms with Crippen molar-refractivity contribution in [2.45, 2.75) is 20.8 Å². The molecule has 0 fully saturated rings. The number of nitrogens with one attached hydrogen (secondary N) is 1. The lowest BCUT2D eigenvalue weighted by atomic mass is 10.1. The van der Waals surface area contributed by atoms with E-state index in [0.29, 0.717) is 5.92 Å². The number of aryl methyl sites for hydroxylation is 1. The van der Waals surface area contributed by atoms with Crippen molar-refractivity contribution < 1.29 is 0 Å². The molecule has 1 aromatic carbocycles. The molecule has 1 nitrogen and oxygen atoms in total. The molecule has 1 rings (SSSR count). The zero-order chi connectivity index (χ0) is 9.84. The molecule has 13 heavy (non-hydrogen) atoms. The lowest BCUT2D eigenvalue weighted by Crippen LogP contribution is -2.08. The van der Waals surface area contributed by atoms with E-state index in [9.17, 15) is 0 Å². The van der Waals surface area contributed by atoms with Crippen molar-refractivity contribution in [2.24, 2.45) is 5.92 Å². The Bertz CT molecular complexity index is 281. The van der Waals surface area contributed by atoms with Crippen LogP contribution in [0, 0.1) is 12.8 Å². The molecular formula is C11H16ClN.